The SMILES string of the molecule is Cc1ccc(C(=O)NC(C(N)=NO)C(C)C)cc1C. The third kappa shape index (κ3) is 3.71. The molecule has 0 bridgehead atoms. The van der Waals surface area contributed by atoms with E-state index >= 15 is 0 Å². The smallest absolute Gasteiger partial charge is 0.251 e. The fourth-order valence-electron chi connectivity index (χ4n) is 1.75. The van der Waals surface area contributed by atoms with Crippen LogP contribution >= 0.6 is 0 Å². The van der Waals surface area contributed by atoms with Crippen molar-refractivity contribution in [3.63, 3.8) is 0 Å². The topological polar surface area (TPSA) is 87.7 Å². The van der Waals surface area contributed by atoms with Crippen molar-refractivity contribution < 1.29 is 10.0 Å². The minimum absolute atomic E-state index is 0.00665. The monoisotopic (exact) mass is 263 g/mol. The van der Waals surface area contributed by atoms with Gasteiger partial charge in [-0.25, -0.2) is 0 Å². The van der Waals surface area contributed by atoms with Gasteiger partial charge >= 0.3 is 0 Å². The Morgan fingerprint density at radius 1 is 1.32 bits per heavy atom. The predicted octanol–water partition coefficient (Wildman–Crippen LogP) is 1.80. The molecular weight excluding hydrogens is 242 g/mol. The summed E-state index contributed by atoms with van der Waals surface area (Å²) in [5.74, 6) is -0.188. The van der Waals surface area contributed by atoms with E-state index in [1.54, 1.807) is 6.07 Å². The first-order chi connectivity index (χ1) is 8.86. The Morgan fingerprint density at radius 2 is 1.95 bits per heavy atom. The third-order valence-electron chi connectivity index (χ3n) is 3.16. The van der Waals surface area contributed by atoms with Crippen molar-refractivity contribution in [3.05, 3.63) is 34.9 Å². The summed E-state index contributed by atoms with van der Waals surface area (Å²) in [6.45, 7) is 7.73. The molecule has 1 unspecified atom stereocenters. The Hall–Kier alpha value is -2.04. The molecular formula is C14H21N3O2. The molecule has 0 saturated heterocycles. The molecule has 0 aliphatic rings. The number of rotatable bonds is 4. The number of hydrogen-bond acceptors (Lipinski definition) is 3. The van der Waals surface area contributed by atoms with Crippen LogP contribution in [-0.2, 0) is 0 Å². The summed E-state index contributed by atoms with van der Waals surface area (Å²) in [6.07, 6.45) is 0. The van der Waals surface area contributed by atoms with Gasteiger partial charge in [0.25, 0.3) is 5.91 Å². The third-order valence-corrected chi connectivity index (χ3v) is 3.16. The lowest BCUT2D eigenvalue weighted by molar-refractivity contribution is 0.0938. The molecule has 0 aromatic heterocycles. The van der Waals surface area contributed by atoms with Crippen molar-refractivity contribution in [3.8, 4) is 0 Å². The maximum atomic E-state index is 12.1. The number of hydrogen-bond donors (Lipinski definition) is 3. The molecule has 4 N–H and O–H groups in total. The summed E-state index contributed by atoms with van der Waals surface area (Å²) >= 11 is 0. The maximum Gasteiger partial charge on any atom is 0.251 e. The number of carbonyl (C=O) groups is 1. The number of benzene rings is 1. The molecule has 0 aliphatic carbocycles. The predicted molar refractivity (Wildman–Crippen MR) is 75.4 cm³/mol. The lowest BCUT2D eigenvalue weighted by Crippen LogP contribution is -2.47. The maximum absolute atomic E-state index is 12.1. The van der Waals surface area contributed by atoms with E-state index in [1.165, 1.54) is 0 Å². The van der Waals surface area contributed by atoms with Crippen molar-refractivity contribution in [2.24, 2.45) is 16.8 Å². The molecule has 5 nitrogen and oxygen atoms in total. The quantitative estimate of drug-likeness (QED) is 0.335. The Balaban J connectivity index is 2.91. The lowest BCUT2D eigenvalue weighted by atomic mass is 10.0. The largest absolute Gasteiger partial charge is 0.409 e. The zero-order valence-corrected chi connectivity index (χ0v) is 11.8. The molecule has 0 radical (unpaired) electrons. The van der Waals surface area contributed by atoms with Gasteiger partial charge in [0.2, 0.25) is 0 Å². The van der Waals surface area contributed by atoms with Crippen LogP contribution < -0.4 is 11.1 Å². The number of carbonyl (C=O) groups excluding carboxylic acids is 1. The second-order valence-corrected chi connectivity index (χ2v) is 5.02. The highest BCUT2D eigenvalue weighted by Crippen LogP contribution is 2.11. The molecule has 1 rings (SSSR count). The number of nitrogens with two attached hydrogens (primary N) is 1. The van der Waals surface area contributed by atoms with Crippen molar-refractivity contribution in [2.45, 2.75) is 33.7 Å². The highest BCUT2D eigenvalue weighted by atomic mass is 16.4. The molecule has 0 heterocycles. The molecule has 0 aliphatic heterocycles. The van der Waals surface area contributed by atoms with Gasteiger partial charge in [0.1, 0.15) is 0 Å². The summed E-state index contributed by atoms with van der Waals surface area (Å²) in [5, 5.41) is 14.5. The molecule has 0 fully saturated rings. The number of amides is 1. The fraction of sp³-hybridized carbons (Fsp3) is 0.429. The van der Waals surface area contributed by atoms with Crippen LogP contribution in [0.5, 0.6) is 0 Å². The number of oxime groups is 1. The van der Waals surface area contributed by atoms with Crippen LogP contribution in [0.25, 0.3) is 0 Å². The second kappa shape index (κ2) is 6.22. The molecule has 1 aromatic rings. The Morgan fingerprint density at radius 3 is 2.42 bits per heavy atom. The van der Waals surface area contributed by atoms with Crippen LogP contribution in [0.2, 0.25) is 0 Å². The van der Waals surface area contributed by atoms with E-state index in [-0.39, 0.29) is 17.7 Å². The van der Waals surface area contributed by atoms with Crippen LogP contribution in [0.3, 0.4) is 0 Å². The Kier molecular flexibility index (Phi) is 4.92. The van der Waals surface area contributed by atoms with Crippen LogP contribution in [0.1, 0.15) is 35.3 Å². The number of aryl methyl sites for hydroxylation is 2. The molecule has 1 amide bonds. The first kappa shape index (κ1) is 15.0. The number of nitrogens with zero attached hydrogens (tertiary/aromatic N) is 1. The standard InChI is InChI=1S/C14H21N3O2/c1-8(2)12(13(15)17-19)16-14(18)11-6-5-9(3)10(4)7-11/h5-8,12,19H,1-4H3,(H2,15,17)(H,16,18). The van der Waals surface area contributed by atoms with Gasteiger partial charge in [0.05, 0.1) is 6.04 Å². The highest BCUT2D eigenvalue weighted by Gasteiger charge is 2.21. The summed E-state index contributed by atoms with van der Waals surface area (Å²) < 4.78 is 0. The first-order valence-electron chi connectivity index (χ1n) is 6.22. The zero-order chi connectivity index (χ0) is 14.6. The van der Waals surface area contributed by atoms with E-state index in [9.17, 15) is 4.79 Å². The van der Waals surface area contributed by atoms with Gasteiger partial charge in [-0.2, -0.15) is 0 Å². The van der Waals surface area contributed by atoms with Gasteiger partial charge in [-0.3, -0.25) is 4.79 Å². The normalized spacial score (nSPS) is 13.4. The molecule has 19 heavy (non-hydrogen) atoms. The van der Waals surface area contributed by atoms with Gasteiger partial charge in [-0.05, 0) is 43.0 Å². The van der Waals surface area contributed by atoms with Gasteiger partial charge < -0.3 is 16.3 Å². The van der Waals surface area contributed by atoms with Gasteiger partial charge in [0.15, 0.2) is 5.84 Å². The van der Waals surface area contributed by atoms with Crippen LogP contribution in [0.4, 0.5) is 0 Å². The minimum Gasteiger partial charge on any atom is -0.409 e. The molecule has 5 heteroatoms. The summed E-state index contributed by atoms with van der Waals surface area (Å²) in [5.41, 5.74) is 8.34. The first-order valence-corrected chi connectivity index (χ1v) is 6.22. The Bertz CT molecular complexity index is 495. The summed E-state index contributed by atoms with van der Waals surface area (Å²) in [6, 6.07) is 5.01. The average Bonchev–Trinajstić information content (AvgIpc) is 2.37. The van der Waals surface area contributed by atoms with Crippen molar-refractivity contribution in [2.75, 3.05) is 0 Å². The average molecular weight is 263 g/mol. The zero-order valence-electron chi connectivity index (χ0n) is 11.8. The Labute approximate surface area is 113 Å². The van der Waals surface area contributed by atoms with Crippen LogP contribution in [0, 0.1) is 19.8 Å². The highest BCUT2D eigenvalue weighted by molar-refractivity contribution is 5.98. The van der Waals surface area contributed by atoms with E-state index < -0.39 is 6.04 Å². The second-order valence-electron chi connectivity index (χ2n) is 5.02. The number of amidine groups is 1. The van der Waals surface area contributed by atoms with E-state index in [2.05, 4.69) is 10.5 Å². The van der Waals surface area contributed by atoms with Crippen molar-refractivity contribution in [1.29, 1.82) is 0 Å². The molecule has 1 aromatic carbocycles. The van der Waals surface area contributed by atoms with Crippen molar-refractivity contribution >= 4 is 11.7 Å². The molecule has 104 valence electrons. The van der Waals surface area contributed by atoms with Crippen LogP contribution in [0.15, 0.2) is 23.4 Å². The summed E-state index contributed by atoms with van der Waals surface area (Å²) in [4.78, 5) is 12.1. The van der Waals surface area contributed by atoms with E-state index in [0.29, 0.717) is 5.56 Å². The van der Waals surface area contributed by atoms with E-state index in [1.807, 2.05) is 39.8 Å². The molecule has 0 saturated carbocycles. The van der Waals surface area contributed by atoms with Gasteiger partial charge in [-0.1, -0.05) is 25.1 Å². The fourth-order valence-corrected chi connectivity index (χ4v) is 1.75. The van der Waals surface area contributed by atoms with E-state index in [4.69, 9.17) is 10.9 Å². The van der Waals surface area contributed by atoms with Gasteiger partial charge in [0, 0.05) is 5.56 Å². The van der Waals surface area contributed by atoms with E-state index in [0.717, 1.165) is 11.1 Å². The minimum atomic E-state index is -0.487. The summed E-state index contributed by atoms with van der Waals surface area (Å²) in [7, 11) is 0. The molecule has 1 atom stereocenters. The van der Waals surface area contributed by atoms with Crippen molar-refractivity contribution in [1.82, 2.24) is 5.32 Å². The van der Waals surface area contributed by atoms with Crippen LogP contribution in [-0.4, -0.2) is 23.0 Å². The molecule has 0 spiro atoms. The number of nitrogens with one attached hydrogen (secondary N) is 1. The lowest BCUT2D eigenvalue weighted by Gasteiger charge is -2.21. The van der Waals surface area contributed by atoms with Gasteiger partial charge in [-0.15, -0.1) is 0 Å².